The number of carbonyl (C=O) groups excluding carboxylic acids is 1. The summed E-state index contributed by atoms with van der Waals surface area (Å²) < 4.78 is 11.8. The molecule has 8 heteroatoms. The lowest BCUT2D eigenvalue weighted by molar-refractivity contribution is 0.0943. The van der Waals surface area contributed by atoms with Crippen LogP contribution in [0.2, 0.25) is 5.02 Å². The van der Waals surface area contributed by atoms with Gasteiger partial charge in [-0.25, -0.2) is 4.68 Å². The Hall–Kier alpha value is -2.12. The number of rotatable bonds is 7. The zero-order valence-corrected chi connectivity index (χ0v) is 14.1. The second-order valence-corrected chi connectivity index (χ2v) is 5.29. The SMILES string of the molecule is COCCCNC(=O)c1nnn(-c2cc(Cl)ccc2OC)c1C. The Labute approximate surface area is 139 Å². The Balaban J connectivity index is 2.22. The average molecular weight is 339 g/mol. The summed E-state index contributed by atoms with van der Waals surface area (Å²) in [6.07, 6.45) is 0.734. The van der Waals surface area contributed by atoms with Crippen LogP contribution in [0.5, 0.6) is 5.75 Å². The van der Waals surface area contributed by atoms with Crippen molar-refractivity contribution in [2.45, 2.75) is 13.3 Å². The third kappa shape index (κ3) is 4.00. The normalized spacial score (nSPS) is 10.6. The number of carbonyl (C=O) groups is 1. The van der Waals surface area contributed by atoms with Crippen LogP contribution in [0.4, 0.5) is 0 Å². The third-order valence-corrected chi connectivity index (χ3v) is 3.52. The Morgan fingerprint density at radius 2 is 2.17 bits per heavy atom. The molecule has 124 valence electrons. The van der Waals surface area contributed by atoms with E-state index in [4.69, 9.17) is 21.1 Å². The minimum absolute atomic E-state index is 0.268. The molecule has 1 heterocycles. The number of hydrogen-bond acceptors (Lipinski definition) is 5. The van der Waals surface area contributed by atoms with Crippen LogP contribution in [-0.2, 0) is 4.74 Å². The fourth-order valence-electron chi connectivity index (χ4n) is 2.10. The van der Waals surface area contributed by atoms with Crippen molar-refractivity contribution in [3.8, 4) is 11.4 Å². The van der Waals surface area contributed by atoms with Gasteiger partial charge in [-0.2, -0.15) is 0 Å². The third-order valence-electron chi connectivity index (χ3n) is 3.29. The first-order valence-electron chi connectivity index (χ1n) is 7.11. The largest absolute Gasteiger partial charge is 0.494 e. The summed E-state index contributed by atoms with van der Waals surface area (Å²) in [5.41, 5.74) is 1.50. The number of methoxy groups -OCH3 is 2. The van der Waals surface area contributed by atoms with Gasteiger partial charge in [0.15, 0.2) is 5.69 Å². The molecule has 0 saturated heterocycles. The zero-order valence-electron chi connectivity index (χ0n) is 13.3. The first-order chi connectivity index (χ1) is 11.1. The first kappa shape index (κ1) is 17.2. The lowest BCUT2D eigenvalue weighted by atomic mass is 10.2. The maximum atomic E-state index is 12.2. The van der Waals surface area contributed by atoms with Gasteiger partial charge in [0.05, 0.1) is 12.8 Å². The van der Waals surface area contributed by atoms with Crippen molar-refractivity contribution in [2.75, 3.05) is 27.4 Å². The molecule has 1 aromatic carbocycles. The molecule has 1 aromatic heterocycles. The molecule has 0 aliphatic carbocycles. The molecule has 0 fully saturated rings. The highest BCUT2D eigenvalue weighted by atomic mass is 35.5. The van der Waals surface area contributed by atoms with Crippen molar-refractivity contribution in [2.24, 2.45) is 0 Å². The lowest BCUT2D eigenvalue weighted by Gasteiger charge is -2.10. The fourth-order valence-corrected chi connectivity index (χ4v) is 2.26. The van der Waals surface area contributed by atoms with E-state index in [1.54, 1.807) is 39.3 Å². The van der Waals surface area contributed by atoms with Crippen LogP contribution in [0.3, 0.4) is 0 Å². The van der Waals surface area contributed by atoms with Crippen molar-refractivity contribution in [3.63, 3.8) is 0 Å². The van der Waals surface area contributed by atoms with E-state index in [0.29, 0.717) is 35.3 Å². The molecular formula is C15H19ClN4O3. The highest BCUT2D eigenvalue weighted by molar-refractivity contribution is 6.30. The standard InChI is InChI=1S/C15H19ClN4O3/c1-10-14(15(21)17-7-4-8-22-2)18-19-20(10)12-9-11(16)5-6-13(12)23-3/h5-6,9H,4,7-8H2,1-3H3,(H,17,21). The smallest absolute Gasteiger partial charge is 0.273 e. The van der Waals surface area contributed by atoms with Gasteiger partial charge >= 0.3 is 0 Å². The number of nitrogens with one attached hydrogen (secondary N) is 1. The Morgan fingerprint density at radius 3 is 2.87 bits per heavy atom. The monoisotopic (exact) mass is 338 g/mol. The second kappa shape index (κ2) is 7.94. The number of halogens is 1. The van der Waals surface area contributed by atoms with Crippen molar-refractivity contribution in [1.82, 2.24) is 20.3 Å². The van der Waals surface area contributed by atoms with E-state index < -0.39 is 0 Å². The Kier molecular flexibility index (Phi) is 5.95. The molecule has 0 bridgehead atoms. The van der Waals surface area contributed by atoms with E-state index in [-0.39, 0.29) is 11.6 Å². The second-order valence-electron chi connectivity index (χ2n) is 4.85. The number of benzene rings is 1. The summed E-state index contributed by atoms with van der Waals surface area (Å²) in [6, 6.07) is 5.17. The molecule has 0 atom stereocenters. The van der Waals surface area contributed by atoms with Crippen LogP contribution in [0.25, 0.3) is 5.69 Å². The predicted molar refractivity (Wildman–Crippen MR) is 86.5 cm³/mol. The summed E-state index contributed by atoms with van der Waals surface area (Å²) in [6.45, 7) is 2.87. The van der Waals surface area contributed by atoms with Crippen LogP contribution in [0, 0.1) is 6.92 Å². The number of amides is 1. The number of aromatic nitrogens is 3. The molecule has 2 rings (SSSR count). The van der Waals surface area contributed by atoms with Gasteiger partial charge in [0.25, 0.3) is 5.91 Å². The van der Waals surface area contributed by atoms with Gasteiger partial charge in [-0.1, -0.05) is 16.8 Å². The van der Waals surface area contributed by atoms with Crippen LogP contribution in [0.15, 0.2) is 18.2 Å². The molecule has 1 amide bonds. The van der Waals surface area contributed by atoms with Crippen molar-refractivity contribution in [3.05, 3.63) is 34.6 Å². The molecule has 23 heavy (non-hydrogen) atoms. The van der Waals surface area contributed by atoms with Gasteiger partial charge in [-0.05, 0) is 31.5 Å². The molecule has 0 aliphatic heterocycles. The molecule has 1 N–H and O–H groups in total. The molecule has 0 unspecified atom stereocenters. The van der Waals surface area contributed by atoms with Crippen LogP contribution in [0.1, 0.15) is 22.6 Å². The van der Waals surface area contributed by atoms with Crippen molar-refractivity contribution >= 4 is 17.5 Å². The predicted octanol–water partition coefficient (Wildman–Crippen LogP) is 2.00. The van der Waals surface area contributed by atoms with Gasteiger partial charge in [0.2, 0.25) is 0 Å². The number of nitrogens with zero attached hydrogens (tertiary/aromatic N) is 3. The Bertz CT molecular complexity index is 687. The first-order valence-corrected chi connectivity index (χ1v) is 7.49. The van der Waals surface area contributed by atoms with E-state index in [0.717, 1.165) is 6.42 Å². The van der Waals surface area contributed by atoms with Crippen LogP contribution in [-0.4, -0.2) is 48.3 Å². The lowest BCUT2D eigenvalue weighted by Crippen LogP contribution is -2.26. The minimum Gasteiger partial charge on any atom is -0.494 e. The maximum absolute atomic E-state index is 12.2. The van der Waals surface area contributed by atoms with Crippen molar-refractivity contribution < 1.29 is 14.3 Å². The van der Waals surface area contributed by atoms with Gasteiger partial charge in [0, 0.05) is 25.3 Å². The molecule has 0 saturated carbocycles. The fraction of sp³-hybridized carbons (Fsp3) is 0.400. The van der Waals surface area contributed by atoms with Crippen LogP contribution >= 0.6 is 11.6 Å². The van der Waals surface area contributed by atoms with E-state index >= 15 is 0 Å². The summed E-state index contributed by atoms with van der Waals surface area (Å²) in [4.78, 5) is 12.2. The van der Waals surface area contributed by atoms with E-state index in [1.165, 1.54) is 4.68 Å². The number of ether oxygens (including phenoxy) is 2. The molecule has 2 aromatic rings. The van der Waals surface area contributed by atoms with Gasteiger partial charge in [-0.15, -0.1) is 5.10 Å². The summed E-state index contributed by atoms with van der Waals surface area (Å²) in [5, 5.41) is 11.3. The summed E-state index contributed by atoms with van der Waals surface area (Å²) in [5.74, 6) is 0.320. The van der Waals surface area contributed by atoms with E-state index in [1.807, 2.05) is 0 Å². The molecule has 0 spiro atoms. The van der Waals surface area contributed by atoms with Gasteiger partial charge in [0.1, 0.15) is 11.4 Å². The molecular weight excluding hydrogens is 320 g/mol. The van der Waals surface area contributed by atoms with E-state index in [2.05, 4.69) is 15.6 Å². The molecule has 0 aliphatic rings. The minimum atomic E-state index is -0.272. The van der Waals surface area contributed by atoms with Gasteiger partial charge in [-0.3, -0.25) is 4.79 Å². The molecule has 0 radical (unpaired) electrons. The van der Waals surface area contributed by atoms with Crippen molar-refractivity contribution in [1.29, 1.82) is 0 Å². The highest BCUT2D eigenvalue weighted by Crippen LogP contribution is 2.27. The topological polar surface area (TPSA) is 78.3 Å². The zero-order chi connectivity index (χ0) is 16.8. The quantitative estimate of drug-likeness (QED) is 0.781. The average Bonchev–Trinajstić information content (AvgIpc) is 2.93. The highest BCUT2D eigenvalue weighted by Gasteiger charge is 2.19. The maximum Gasteiger partial charge on any atom is 0.273 e. The van der Waals surface area contributed by atoms with Gasteiger partial charge < -0.3 is 14.8 Å². The Morgan fingerprint density at radius 1 is 1.39 bits per heavy atom. The van der Waals surface area contributed by atoms with E-state index in [9.17, 15) is 4.79 Å². The molecule has 7 nitrogen and oxygen atoms in total. The summed E-state index contributed by atoms with van der Waals surface area (Å²) >= 11 is 6.04. The summed E-state index contributed by atoms with van der Waals surface area (Å²) in [7, 11) is 3.18. The van der Waals surface area contributed by atoms with Crippen LogP contribution < -0.4 is 10.1 Å². The number of hydrogen-bond donors (Lipinski definition) is 1.